The molecular weight excluding hydrogens is 340 g/mol. The zero-order valence-corrected chi connectivity index (χ0v) is 12.6. The number of carbonyl (C=O) groups is 2. The Morgan fingerprint density at radius 3 is 2.75 bits per heavy atom. The third kappa shape index (κ3) is 2.57. The number of hydrogen-bond donors (Lipinski definition) is 1. The van der Waals surface area contributed by atoms with Crippen molar-refractivity contribution in [3.8, 4) is 5.69 Å². The SMILES string of the molecule is O=C1NC(=O)C(=Cc2cccn2-c2cccc(Br)c2)S1. The van der Waals surface area contributed by atoms with Crippen molar-refractivity contribution >= 4 is 44.9 Å². The molecule has 20 heavy (non-hydrogen) atoms. The van der Waals surface area contributed by atoms with E-state index in [1.54, 1.807) is 6.08 Å². The molecule has 0 aliphatic carbocycles. The average Bonchev–Trinajstić information content (AvgIpc) is 2.97. The molecule has 0 bridgehead atoms. The summed E-state index contributed by atoms with van der Waals surface area (Å²) in [6.45, 7) is 0. The first-order valence-corrected chi connectivity index (χ1v) is 7.42. The van der Waals surface area contributed by atoms with Crippen LogP contribution >= 0.6 is 27.7 Å². The monoisotopic (exact) mass is 348 g/mol. The van der Waals surface area contributed by atoms with E-state index in [1.807, 2.05) is 47.2 Å². The number of nitrogens with one attached hydrogen (secondary N) is 1. The van der Waals surface area contributed by atoms with Crippen LogP contribution in [0.1, 0.15) is 5.69 Å². The van der Waals surface area contributed by atoms with Crippen molar-refractivity contribution in [3.05, 3.63) is 57.7 Å². The first kappa shape index (κ1) is 13.2. The second-order valence-corrected chi connectivity index (χ2v) is 6.07. The summed E-state index contributed by atoms with van der Waals surface area (Å²) in [7, 11) is 0. The van der Waals surface area contributed by atoms with E-state index in [9.17, 15) is 9.59 Å². The first-order valence-electron chi connectivity index (χ1n) is 5.81. The van der Waals surface area contributed by atoms with E-state index < -0.39 is 0 Å². The van der Waals surface area contributed by atoms with E-state index in [4.69, 9.17) is 0 Å². The van der Waals surface area contributed by atoms with Gasteiger partial charge >= 0.3 is 0 Å². The molecule has 1 aliphatic rings. The molecular formula is C14H9BrN2O2S. The minimum absolute atomic E-state index is 0.332. The van der Waals surface area contributed by atoms with Gasteiger partial charge in [-0.3, -0.25) is 14.9 Å². The third-order valence-electron chi connectivity index (χ3n) is 2.79. The van der Waals surface area contributed by atoms with Crippen LogP contribution in [0.5, 0.6) is 0 Å². The lowest BCUT2D eigenvalue weighted by Crippen LogP contribution is -2.17. The quantitative estimate of drug-likeness (QED) is 0.844. The van der Waals surface area contributed by atoms with Gasteiger partial charge in [0.15, 0.2) is 0 Å². The normalized spacial score (nSPS) is 16.8. The highest BCUT2D eigenvalue weighted by molar-refractivity contribution is 9.10. The smallest absolute Gasteiger partial charge is 0.290 e. The summed E-state index contributed by atoms with van der Waals surface area (Å²) >= 11 is 4.35. The van der Waals surface area contributed by atoms with Crippen molar-refractivity contribution in [1.29, 1.82) is 0 Å². The van der Waals surface area contributed by atoms with Gasteiger partial charge in [0.05, 0.1) is 4.91 Å². The van der Waals surface area contributed by atoms with Gasteiger partial charge in [-0.1, -0.05) is 22.0 Å². The third-order valence-corrected chi connectivity index (χ3v) is 4.09. The highest BCUT2D eigenvalue weighted by atomic mass is 79.9. The summed E-state index contributed by atoms with van der Waals surface area (Å²) in [5, 5.41) is 1.92. The van der Waals surface area contributed by atoms with Crippen LogP contribution in [-0.4, -0.2) is 15.7 Å². The van der Waals surface area contributed by atoms with Crippen molar-refractivity contribution < 1.29 is 9.59 Å². The van der Waals surface area contributed by atoms with E-state index in [0.29, 0.717) is 4.91 Å². The van der Waals surface area contributed by atoms with Gasteiger partial charge in [-0.05, 0) is 48.2 Å². The van der Waals surface area contributed by atoms with Crippen LogP contribution in [-0.2, 0) is 4.79 Å². The highest BCUT2D eigenvalue weighted by Crippen LogP contribution is 2.27. The van der Waals surface area contributed by atoms with Crippen molar-refractivity contribution in [3.63, 3.8) is 0 Å². The summed E-state index contributed by atoms with van der Waals surface area (Å²) in [6, 6.07) is 11.6. The molecule has 1 saturated heterocycles. The Morgan fingerprint density at radius 1 is 1.20 bits per heavy atom. The molecule has 1 N–H and O–H groups in total. The maximum Gasteiger partial charge on any atom is 0.290 e. The highest BCUT2D eigenvalue weighted by Gasteiger charge is 2.25. The first-order chi connectivity index (χ1) is 9.63. The van der Waals surface area contributed by atoms with Gasteiger partial charge in [0, 0.05) is 22.1 Å². The second kappa shape index (κ2) is 5.30. The minimum Gasteiger partial charge on any atom is -0.317 e. The Kier molecular flexibility index (Phi) is 3.50. The molecule has 1 aromatic carbocycles. The standard InChI is InChI=1S/C14H9BrN2O2S/c15-9-3-1-4-10(7-9)17-6-2-5-11(17)8-12-13(18)16-14(19)20-12/h1-8H,(H,16,18,19). The summed E-state index contributed by atoms with van der Waals surface area (Å²) in [6.07, 6.45) is 3.62. The van der Waals surface area contributed by atoms with Crippen LogP contribution in [0.3, 0.4) is 0 Å². The average molecular weight is 349 g/mol. The van der Waals surface area contributed by atoms with E-state index in [2.05, 4.69) is 21.2 Å². The van der Waals surface area contributed by atoms with Crippen LogP contribution < -0.4 is 5.32 Å². The lowest BCUT2D eigenvalue weighted by Gasteiger charge is -2.07. The molecule has 1 fully saturated rings. The fourth-order valence-corrected chi connectivity index (χ4v) is 2.98. The lowest BCUT2D eigenvalue weighted by molar-refractivity contribution is -0.115. The maximum absolute atomic E-state index is 11.6. The summed E-state index contributed by atoms with van der Waals surface area (Å²) in [4.78, 5) is 23.2. The molecule has 1 aromatic heterocycles. The predicted molar refractivity (Wildman–Crippen MR) is 82.6 cm³/mol. The molecule has 4 nitrogen and oxygen atoms in total. The van der Waals surface area contributed by atoms with Gasteiger partial charge in [0.1, 0.15) is 0 Å². The molecule has 0 spiro atoms. The fraction of sp³-hybridized carbons (Fsp3) is 0. The van der Waals surface area contributed by atoms with Crippen molar-refractivity contribution in [2.75, 3.05) is 0 Å². The molecule has 0 atom stereocenters. The Bertz CT molecular complexity index is 736. The Labute approximate surface area is 128 Å². The van der Waals surface area contributed by atoms with Gasteiger partial charge in [0.2, 0.25) is 0 Å². The second-order valence-electron chi connectivity index (χ2n) is 4.14. The van der Waals surface area contributed by atoms with Gasteiger partial charge < -0.3 is 4.57 Å². The molecule has 0 radical (unpaired) electrons. The summed E-state index contributed by atoms with van der Waals surface area (Å²) in [5.41, 5.74) is 1.82. The number of rotatable bonds is 2. The number of benzene rings is 1. The van der Waals surface area contributed by atoms with Crippen LogP contribution in [0.4, 0.5) is 4.79 Å². The number of aromatic nitrogens is 1. The molecule has 2 heterocycles. The Morgan fingerprint density at radius 2 is 2.05 bits per heavy atom. The van der Waals surface area contributed by atoms with E-state index in [-0.39, 0.29) is 11.1 Å². The molecule has 0 unspecified atom stereocenters. The number of hydrogen-bond acceptors (Lipinski definition) is 3. The van der Waals surface area contributed by atoms with E-state index >= 15 is 0 Å². The molecule has 0 saturated carbocycles. The number of imide groups is 1. The van der Waals surface area contributed by atoms with Crippen molar-refractivity contribution in [2.45, 2.75) is 0 Å². The van der Waals surface area contributed by atoms with Crippen LogP contribution in [0.25, 0.3) is 11.8 Å². The number of thioether (sulfide) groups is 1. The van der Waals surface area contributed by atoms with Gasteiger partial charge in [0.25, 0.3) is 11.1 Å². The lowest BCUT2D eigenvalue weighted by atomic mass is 10.3. The predicted octanol–water partition coefficient (Wildman–Crippen LogP) is 3.56. The summed E-state index contributed by atoms with van der Waals surface area (Å²) in [5.74, 6) is -0.345. The molecule has 6 heteroatoms. The van der Waals surface area contributed by atoms with E-state index in [0.717, 1.165) is 27.6 Å². The number of carbonyl (C=O) groups excluding carboxylic acids is 2. The molecule has 2 aromatic rings. The van der Waals surface area contributed by atoms with Crippen LogP contribution in [0.15, 0.2) is 52.0 Å². The molecule has 1 aliphatic heterocycles. The van der Waals surface area contributed by atoms with Crippen LogP contribution in [0.2, 0.25) is 0 Å². The number of nitrogens with zero attached hydrogens (tertiary/aromatic N) is 1. The van der Waals surface area contributed by atoms with Crippen molar-refractivity contribution in [2.24, 2.45) is 0 Å². The number of amides is 2. The van der Waals surface area contributed by atoms with E-state index in [1.165, 1.54) is 0 Å². The Hall–Kier alpha value is -1.79. The topological polar surface area (TPSA) is 51.1 Å². The minimum atomic E-state index is -0.345. The largest absolute Gasteiger partial charge is 0.317 e. The van der Waals surface area contributed by atoms with Gasteiger partial charge in [-0.25, -0.2) is 0 Å². The number of halogens is 1. The van der Waals surface area contributed by atoms with Gasteiger partial charge in [-0.15, -0.1) is 0 Å². The van der Waals surface area contributed by atoms with Crippen molar-refractivity contribution in [1.82, 2.24) is 9.88 Å². The summed E-state index contributed by atoms with van der Waals surface area (Å²) < 4.78 is 2.93. The zero-order valence-electron chi connectivity index (χ0n) is 10.2. The fourth-order valence-electron chi connectivity index (χ4n) is 1.93. The zero-order chi connectivity index (χ0) is 14.1. The molecule has 2 amide bonds. The Balaban J connectivity index is 2.01. The molecule has 3 rings (SSSR count). The van der Waals surface area contributed by atoms with Gasteiger partial charge in [-0.2, -0.15) is 0 Å². The molecule has 100 valence electrons. The maximum atomic E-state index is 11.6. The van der Waals surface area contributed by atoms with Crippen LogP contribution in [0, 0.1) is 0 Å².